The van der Waals surface area contributed by atoms with Gasteiger partial charge in [-0.15, -0.1) is 0 Å². The third-order valence-electron chi connectivity index (χ3n) is 4.64. The van der Waals surface area contributed by atoms with Gasteiger partial charge in [0, 0.05) is 38.1 Å². The normalized spacial score (nSPS) is 29.7. The average Bonchev–Trinajstić information content (AvgIpc) is 2.94. The van der Waals surface area contributed by atoms with E-state index in [1.807, 2.05) is 18.7 Å². The Balaban J connectivity index is 2.01. The Labute approximate surface area is 127 Å². The number of rotatable bonds is 4. The zero-order valence-electron chi connectivity index (χ0n) is 13.4. The number of hydrogen-bond donors (Lipinski definition) is 1. The van der Waals surface area contributed by atoms with Crippen molar-refractivity contribution in [1.29, 1.82) is 0 Å². The first-order chi connectivity index (χ1) is 10.0. The van der Waals surface area contributed by atoms with Gasteiger partial charge in [-0.25, -0.2) is 0 Å². The van der Waals surface area contributed by atoms with Crippen molar-refractivity contribution in [1.82, 2.24) is 10.2 Å². The van der Waals surface area contributed by atoms with Crippen LogP contribution in [0.4, 0.5) is 0 Å². The summed E-state index contributed by atoms with van der Waals surface area (Å²) >= 11 is 0. The Hall–Kier alpha value is -1.10. The maximum atomic E-state index is 12.8. The summed E-state index contributed by atoms with van der Waals surface area (Å²) in [6.07, 6.45) is 4.81. The molecule has 21 heavy (non-hydrogen) atoms. The summed E-state index contributed by atoms with van der Waals surface area (Å²) in [7, 11) is 1.69. The number of hydrogen-bond acceptors (Lipinski definition) is 3. The lowest BCUT2D eigenvalue weighted by molar-refractivity contribution is -0.143. The summed E-state index contributed by atoms with van der Waals surface area (Å²) in [5, 5.41) is 2.97. The largest absolute Gasteiger partial charge is 0.380 e. The highest BCUT2D eigenvalue weighted by Gasteiger charge is 2.39. The van der Waals surface area contributed by atoms with E-state index < -0.39 is 0 Å². The molecule has 5 nitrogen and oxygen atoms in total. The van der Waals surface area contributed by atoms with Gasteiger partial charge in [-0.05, 0) is 33.1 Å². The highest BCUT2D eigenvalue weighted by molar-refractivity contribution is 5.88. The molecular weight excluding hydrogens is 268 g/mol. The van der Waals surface area contributed by atoms with Crippen molar-refractivity contribution >= 4 is 11.8 Å². The lowest BCUT2D eigenvalue weighted by Crippen LogP contribution is -2.46. The first kappa shape index (κ1) is 16.3. The van der Waals surface area contributed by atoms with Gasteiger partial charge in [0.1, 0.15) is 0 Å². The Morgan fingerprint density at radius 2 is 1.81 bits per heavy atom. The van der Waals surface area contributed by atoms with Gasteiger partial charge in [-0.3, -0.25) is 9.59 Å². The van der Waals surface area contributed by atoms with Crippen molar-refractivity contribution in [2.24, 2.45) is 11.8 Å². The van der Waals surface area contributed by atoms with Gasteiger partial charge in [0.05, 0.1) is 6.10 Å². The molecule has 2 rings (SSSR count). The number of nitrogens with zero attached hydrogens (tertiary/aromatic N) is 1. The van der Waals surface area contributed by atoms with E-state index in [1.54, 1.807) is 7.11 Å². The summed E-state index contributed by atoms with van der Waals surface area (Å²) in [6, 6.07) is 0.125. The number of methoxy groups -OCH3 is 1. The second-order valence-corrected chi connectivity index (χ2v) is 6.59. The summed E-state index contributed by atoms with van der Waals surface area (Å²) in [6.45, 7) is 5.35. The smallest absolute Gasteiger partial charge is 0.226 e. The van der Waals surface area contributed by atoms with Crippen LogP contribution in [-0.4, -0.2) is 49.1 Å². The molecular formula is C16H28N2O3. The van der Waals surface area contributed by atoms with Crippen molar-refractivity contribution in [2.45, 2.75) is 58.1 Å². The molecule has 120 valence electrons. The van der Waals surface area contributed by atoms with Crippen molar-refractivity contribution < 1.29 is 14.3 Å². The molecule has 0 aromatic heterocycles. The Bertz CT molecular complexity index is 384. The molecule has 0 aromatic rings. The highest BCUT2D eigenvalue weighted by atomic mass is 16.5. The predicted octanol–water partition coefficient (Wildman–Crippen LogP) is 1.56. The third kappa shape index (κ3) is 3.96. The number of nitrogens with one attached hydrogen (secondary N) is 1. The summed E-state index contributed by atoms with van der Waals surface area (Å²) in [5.41, 5.74) is 0. The van der Waals surface area contributed by atoms with E-state index in [0.29, 0.717) is 6.54 Å². The SMILES string of the molecule is COC1CCN(C(=O)[C@@H]2CCCC[C@H]2C(=O)NC(C)C)C1. The molecule has 1 aliphatic carbocycles. The van der Waals surface area contributed by atoms with E-state index in [-0.39, 0.29) is 35.8 Å². The monoisotopic (exact) mass is 296 g/mol. The maximum absolute atomic E-state index is 12.8. The molecule has 2 amide bonds. The predicted molar refractivity (Wildman–Crippen MR) is 80.7 cm³/mol. The van der Waals surface area contributed by atoms with E-state index in [0.717, 1.165) is 38.6 Å². The minimum atomic E-state index is -0.157. The Morgan fingerprint density at radius 1 is 1.14 bits per heavy atom. The third-order valence-corrected chi connectivity index (χ3v) is 4.64. The first-order valence-electron chi connectivity index (χ1n) is 8.15. The van der Waals surface area contributed by atoms with Crippen LogP contribution in [0, 0.1) is 11.8 Å². The van der Waals surface area contributed by atoms with Crippen LogP contribution in [0.3, 0.4) is 0 Å². The summed E-state index contributed by atoms with van der Waals surface area (Å²) < 4.78 is 5.33. The Kier molecular flexibility index (Phi) is 5.62. The van der Waals surface area contributed by atoms with Crippen LogP contribution in [0.2, 0.25) is 0 Å². The number of likely N-dealkylation sites (tertiary alicyclic amines) is 1. The number of carbonyl (C=O) groups excluding carboxylic acids is 2. The van der Waals surface area contributed by atoms with Gasteiger partial charge in [0.2, 0.25) is 11.8 Å². The van der Waals surface area contributed by atoms with Gasteiger partial charge in [-0.2, -0.15) is 0 Å². The number of amides is 2. The fourth-order valence-corrected chi connectivity index (χ4v) is 3.49. The zero-order chi connectivity index (χ0) is 15.4. The molecule has 2 aliphatic rings. The average molecular weight is 296 g/mol. The molecule has 3 atom stereocenters. The number of carbonyl (C=O) groups is 2. The van der Waals surface area contributed by atoms with Gasteiger partial charge >= 0.3 is 0 Å². The molecule has 1 saturated heterocycles. The minimum Gasteiger partial charge on any atom is -0.380 e. The van der Waals surface area contributed by atoms with Gasteiger partial charge < -0.3 is 15.0 Å². The van der Waals surface area contributed by atoms with Crippen LogP contribution in [0.25, 0.3) is 0 Å². The molecule has 1 N–H and O–H groups in total. The van der Waals surface area contributed by atoms with Crippen molar-refractivity contribution in [2.75, 3.05) is 20.2 Å². The maximum Gasteiger partial charge on any atom is 0.226 e. The standard InChI is InChI=1S/C16H28N2O3/c1-11(2)17-15(19)13-6-4-5-7-14(13)16(20)18-9-8-12(10-18)21-3/h11-14H,4-10H2,1-3H3,(H,17,19)/t12?,13-,14-/m1/s1. The fourth-order valence-electron chi connectivity index (χ4n) is 3.49. The zero-order valence-corrected chi connectivity index (χ0v) is 13.4. The van der Waals surface area contributed by atoms with E-state index in [4.69, 9.17) is 4.74 Å². The van der Waals surface area contributed by atoms with E-state index in [1.165, 1.54) is 0 Å². The molecule has 1 saturated carbocycles. The van der Waals surface area contributed by atoms with Gasteiger partial charge in [-0.1, -0.05) is 12.8 Å². The van der Waals surface area contributed by atoms with Crippen LogP contribution in [-0.2, 0) is 14.3 Å². The van der Waals surface area contributed by atoms with E-state index in [9.17, 15) is 9.59 Å². The van der Waals surface area contributed by atoms with Crippen LogP contribution in [0.15, 0.2) is 0 Å². The lowest BCUT2D eigenvalue weighted by Gasteiger charge is -2.33. The van der Waals surface area contributed by atoms with Gasteiger partial charge in [0.25, 0.3) is 0 Å². The Morgan fingerprint density at radius 3 is 2.38 bits per heavy atom. The second kappa shape index (κ2) is 7.25. The molecule has 1 unspecified atom stereocenters. The second-order valence-electron chi connectivity index (χ2n) is 6.59. The van der Waals surface area contributed by atoms with Crippen molar-refractivity contribution in [3.05, 3.63) is 0 Å². The quantitative estimate of drug-likeness (QED) is 0.856. The van der Waals surface area contributed by atoms with E-state index in [2.05, 4.69) is 5.32 Å². The van der Waals surface area contributed by atoms with Crippen LogP contribution >= 0.6 is 0 Å². The molecule has 0 radical (unpaired) electrons. The number of ether oxygens (including phenoxy) is 1. The molecule has 0 spiro atoms. The first-order valence-corrected chi connectivity index (χ1v) is 8.15. The molecule has 1 aliphatic heterocycles. The summed E-state index contributed by atoms with van der Waals surface area (Å²) in [4.78, 5) is 27.0. The molecule has 0 bridgehead atoms. The van der Waals surface area contributed by atoms with E-state index >= 15 is 0 Å². The minimum absolute atomic E-state index is 0.0468. The topological polar surface area (TPSA) is 58.6 Å². The molecule has 0 aromatic carbocycles. The van der Waals surface area contributed by atoms with Crippen molar-refractivity contribution in [3.8, 4) is 0 Å². The molecule has 1 heterocycles. The molecule has 5 heteroatoms. The highest BCUT2D eigenvalue weighted by Crippen LogP contribution is 2.32. The molecule has 2 fully saturated rings. The fraction of sp³-hybridized carbons (Fsp3) is 0.875. The van der Waals surface area contributed by atoms with Crippen LogP contribution < -0.4 is 5.32 Å². The van der Waals surface area contributed by atoms with Gasteiger partial charge in [0.15, 0.2) is 0 Å². The van der Waals surface area contributed by atoms with Crippen molar-refractivity contribution in [3.63, 3.8) is 0 Å². The van der Waals surface area contributed by atoms with Crippen LogP contribution in [0.5, 0.6) is 0 Å². The lowest BCUT2D eigenvalue weighted by atomic mass is 9.77. The van der Waals surface area contributed by atoms with Crippen LogP contribution in [0.1, 0.15) is 46.0 Å². The summed E-state index contributed by atoms with van der Waals surface area (Å²) in [5.74, 6) is -0.105.